The van der Waals surface area contributed by atoms with Crippen molar-refractivity contribution in [2.24, 2.45) is 0 Å². The van der Waals surface area contributed by atoms with Gasteiger partial charge in [-0.3, -0.25) is 14.4 Å². The molecular weight excluding hydrogens is 396 g/mol. The highest BCUT2D eigenvalue weighted by Crippen LogP contribution is 2.14. The van der Waals surface area contributed by atoms with Crippen LogP contribution in [-0.4, -0.2) is 62.0 Å². The van der Waals surface area contributed by atoms with Crippen LogP contribution in [0.4, 0.5) is 11.4 Å². The highest BCUT2D eigenvalue weighted by Gasteiger charge is 2.18. The molecule has 1 fully saturated rings. The summed E-state index contributed by atoms with van der Waals surface area (Å²) in [5.74, 6) is -0.402. The van der Waals surface area contributed by atoms with E-state index in [1.54, 1.807) is 53.4 Å². The van der Waals surface area contributed by atoms with Gasteiger partial charge in [0, 0.05) is 42.1 Å². The van der Waals surface area contributed by atoms with Crippen molar-refractivity contribution in [1.82, 2.24) is 10.2 Å². The average Bonchev–Trinajstić information content (AvgIpc) is 2.82. The molecule has 31 heavy (non-hydrogen) atoms. The SMILES string of the molecule is CCCNC(=O)c1cccc(NCC(=O)Nc2ccc(C(=O)N3CCOCC3)cc2)c1. The zero-order valence-electron chi connectivity index (χ0n) is 17.6. The zero-order valence-corrected chi connectivity index (χ0v) is 17.6. The lowest BCUT2D eigenvalue weighted by Gasteiger charge is -2.26. The van der Waals surface area contributed by atoms with E-state index in [1.807, 2.05) is 6.92 Å². The predicted molar refractivity (Wildman–Crippen MR) is 119 cm³/mol. The fourth-order valence-electron chi connectivity index (χ4n) is 3.14. The third-order valence-corrected chi connectivity index (χ3v) is 4.83. The van der Waals surface area contributed by atoms with Gasteiger partial charge < -0.3 is 25.6 Å². The normalized spacial score (nSPS) is 13.4. The molecule has 8 nitrogen and oxygen atoms in total. The van der Waals surface area contributed by atoms with Gasteiger partial charge in [0.05, 0.1) is 19.8 Å². The first-order valence-electron chi connectivity index (χ1n) is 10.5. The third kappa shape index (κ3) is 6.55. The molecule has 0 spiro atoms. The van der Waals surface area contributed by atoms with Gasteiger partial charge in [-0.05, 0) is 48.9 Å². The monoisotopic (exact) mass is 424 g/mol. The molecule has 164 valence electrons. The molecule has 0 saturated carbocycles. The van der Waals surface area contributed by atoms with E-state index in [1.165, 1.54) is 0 Å². The summed E-state index contributed by atoms with van der Waals surface area (Å²) in [4.78, 5) is 38.6. The molecule has 0 aliphatic carbocycles. The second-order valence-corrected chi connectivity index (χ2v) is 7.22. The molecular formula is C23H28N4O4. The Balaban J connectivity index is 1.49. The quantitative estimate of drug-likeness (QED) is 0.604. The molecule has 2 aromatic rings. The van der Waals surface area contributed by atoms with Crippen LogP contribution < -0.4 is 16.0 Å². The Labute approximate surface area is 182 Å². The van der Waals surface area contributed by atoms with Crippen LogP contribution in [0, 0.1) is 0 Å². The minimum atomic E-state index is -0.229. The first-order valence-corrected chi connectivity index (χ1v) is 10.5. The predicted octanol–water partition coefficient (Wildman–Crippen LogP) is 2.35. The zero-order chi connectivity index (χ0) is 22.1. The molecule has 1 heterocycles. The van der Waals surface area contributed by atoms with Gasteiger partial charge in [-0.25, -0.2) is 0 Å². The summed E-state index contributed by atoms with van der Waals surface area (Å²) in [7, 11) is 0. The van der Waals surface area contributed by atoms with Crippen LogP contribution in [0.1, 0.15) is 34.1 Å². The molecule has 0 bridgehead atoms. The molecule has 3 rings (SSSR count). The Kier molecular flexibility index (Phi) is 8.00. The van der Waals surface area contributed by atoms with Gasteiger partial charge in [-0.2, -0.15) is 0 Å². The number of morpholine rings is 1. The van der Waals surface area contributed by atoms with Crippen molar-refractivity contribution in [3.63, 3.8) is 0 Å². The summed E-state index contributed by atoms with van der Waals surface area (Å²) < 4.78 is 5.27. The van der Waals surface area contributed by atoms with Crippen LogP contribution >= 0.6 is 0 Å². The van der Waals surface area contributed by atoms with Gasteiger partial charge in [0.2, 0.25) is 5.91 Å². The summed E-state index contributed by atoms with van der Waals surface area (Å²) in [5.41, 5.74) is 2.42. The topological polar surface area (TPSA) is 99.8 Å². The van der Waals surface area contributed by atoms with Gasteiger partial charge >= 0.3 is 0 Å². The van der Waals surface area contributed by atoms with E-state index < -0.39 is 0 Å². The van der Waals surface area contributed by atoms with E-state index in [2.05, 4.69) is 16.0 Å². The molecule has 0 unspecified atom stereocenters. The number of rotatable bonds is 8. The molecule has 3 N–H and O–H groups in total. The number of hydrogen-bond acceptors (Lipinski definition) is 5. The van der Waals surface area contributed by atoms with Gasteiger partial charge in [0.25, 0.3) is 11.8 Å². The maximum Gasteiger partial charge on any atom is 0.254 e. The van der Waals surface area contributed by atoms with Crippen molar-refractivity contribution >= 4 is 29.1 Å². The summed E-state index contributed by atoms with van der Waals surface area (Å²) in [6.45, 7) is 4.95. The number of benzene rings is 2. The molecule has 1 saturated heterocycles. The van der Waals surface area contributed by atoms with Crippen LogP contribution in [0.5, 0.6) is 0 Å². The van der Waals surface area contributed by atoms with Crippen molar-refractivity contribution in [3.8, 4) is 0 Å². The molecule has 0 aromatic heterocycles. The van der Waals surface area contributed by atoms with Crippen molar-refractivity contribution in [1.29, 1.82) is 0 Å². The summed E-state index contributed by atoms with van der Waals surface area (Å²) in [6, 6.07) is 13.9. The number of amides is 3. The number of carbonyl (C=O) groups excluding carboxylic acids is 3. The summed E-state index contributed by atoms with van der Waals surface area (Å²) in [5, 5.41) is 8.65. The lowest BCUT2D eigenvalue weighted by molar-refractivity contribution is -0.114. The smallest absolute Gasteiger partial charge is 0.254 e. The summed E-state index contributed by atoms with van der Waals surface area (Å²) in [6.07, 6.45) is 0.867. The van der Waals surface area contributed by atoms with Crippen LogP contribution in [0.2, 0.25) is 0 Å². The number of ether oxygens (including phenoxy) is 1. The van der Waals surface area contributed by atoms with Crippen LogP contribution in [0.3, 0.4) is 0 Å². The average molecular weight is 425 g/mol. The number of nitrogens with one attached hydrogen (secondary N) is 3. The van der Waals surface area contributed by atoms with Gasteiger partial charge in [0.1, 0.15) is 0 Å². The molecule has 2 aromatic carbocycles. The number of hydrogen-bond donors (Lipinski definition) is 3. The second-order valence-electron chi connectivity index (χ2n) is 7.22. The molecule has 1 aliphatic rings. The van der Waals surface area contributed by atoms with Crippen LogP contribution in [-0.2, 0) is 9.53 Å². The van der Waals surface area contributed by atoms with E-state index in [9.17, 15) is 14.4 Å². The molecule has 8 heteroatoms. The fraction of sp³-hybridized carbons (Fsp3) is 0.348. The van der Waals surface area contributed by atoms with Crippen molar-refractivity contribution in [2.75, 3.05) is 50.0 Å². The molecule has 3 amide bonds. The molecule has 0 atom stereocenters. The maximum absolute atomic E-state index is 12.5. The summed E-state index contributed by atoms with van der Waals surface area (Å²) >= 11 is 0. The molecule has 1 aliphatic heterocycles. The van der Waals surface area contributed by atoms with E-state index in [-0.39, 0.29) is 24.3 Å². The van der Waals surface area contributed by atoms with E-state index >= 15 is 0 Å². The van der Waals surface area contributed by atoms with Gasteiger partial charge in [-0.1, -0.05) is 13.0 Å². The number of anilines is 2. The lowest BCUT2D eigenvalue weighted by Crippen LogP contribution is -2.40. The van der Waals surface area contributed by atoms with E-state index in [0.717, 1.165) is 6.42 Å². The van der Waals surface area contributed by atoms with Crippen molar-refractivity contribution < 1.29 is 19.1 Å². The Bertz CT molecular complexity index is 908. The van der Waals surface area contributed by atoms with Gasteiger partial charge in [0.15, 0.2) is 0 Å². The fourth-order valence-corrected chi connectivity index (χ4v) is 3.14. The Morgan fingerprint density at radius 3 is 2.42 bits per heavy atom. The minimum absolute atomic E-state index is 0.0364. The highest BCUT2D eigenvalue weighted by atomic mass is 16.5. The van der Waals surface area contributed by atoms with Crippen LogP contribution in [0.25, 0.3) is 0 Å². The first kappa shape index (κ1) is 22.3. The highest BCUT2D eigenvalue weighted by molar-refractivity contribution is 5.97. The number of carbonyl (C=O) groups is 3. The lowest BCUT2D eigenvalue weighted by atomic mass is 10.1. The minimum Gasteiger partial charge on any atom is -0.378 e. The Hall–Kier alpha value is -3.39. The van der Waals surface area contributed by atoms with E-state index in [4.69, 9.17) is 4.74 Å². The third-order valence-electron chi connectivity index (χ3n) is 4.83. The second kappa shape index (κ2) is 11.1. The number of nitrogens with zero attached hydrogens (tertiary/aromatic N) is 1. The Morgan fingerprint density at radius 2 is 1.71 bits per heavy atom. The van der Waals surface area contributed by atoms with Crippen molar-refractivity contribution in [2.45, 2.75) is 13.3 Å². The van der Waals surface area contributed by atoms with Crippen molar-refractivity contribution in [3.05, 3.63) is 59.7 Å². The first-order chi connectivity index (χ1) is 15.1. The molecule has 0 radical (unpaired) electrons. The largest absolute Gasteiger partial charge is 0.378 e. The van der Waals surface area contributed by atoms with E-state index in [0.29, 0.717) is 55.3 Å². The standard InChI is InChI=1S/C23H28N4O4/c1-2-10-24-22(29)18-4-3-5-20(15-18)25-16-21(28)26-19-8-6-17(7-9-19)23(30)27-11-13-31-14-12-27/h3-9,15,25H,2,10-14,16H2,1H3,(H,24,29)(H,26,28). The van der Waals surface area contributed by atoms with Crippen LogP contribution in [0.15, 0.2) is 48.5 Å². The maximum atomic E-state index is 12.5. The van der Waals surface area contributed by atoms with Gasteiger partial charge in [-0.15, -0.1) is 0 Å². The Morgan fingerprint density at radius 1 is 0.968 bits per heavy atom.